The summed E-state index contributed by atoms with van der Waals surface area (Å²) < 4.78 is 4.70. The Labute approximate surface area is 129 Å². The molecule has 2 N–H and O–H groups in total. The van der Waals surface area contributed by atoms with Crippen molar-refractivity contribution in [2.75, 3.05) is 17.7 Å². The first kappa shape index (κ1) is 15.7. The van der Waals surface area contributed by atoms with Crippen molar-refractivity contribution in [3.05, 3.63) is 36.0 Å². The summed E-state index contributed by atoms with van der Waals surface area (Å²) in [4.78, 5) is 15.9. The average Bonchev–Trinajstić information content (AvgIpc) is 2.54. The number of hydrogen-bond donors (Lipinski definition) is 2. The van der Waals surface area contributed by atoms with E-state index in [0.717, 1.165) is 6.42 Å². The van der Waals surface area contributed by atoms with E-state index in [1.165, 1.54) is 7.11 Å². The largest absolute Gasteiger partial charge is 0.465 e. The second-order valence-corrected chi connectivity index (χ2v) is 4.82. The van der Waals surface area contributed by atoms with E-state index in [1.807, 2.05) is 6.07 Å². The van der Waals surface area contributed by atoms with E-state index < -0.39 is 5.97 Å². The second kappa shape index (κ2) is 7.35. The molecule has 1 unspecified atom stereocenters. The number of aromatic nitrogens is 3. The number of carbonyl (C=O) groups excluding carboxylic acids is 1. The summed E-state index contributed by atoms with van der Waals surface area (Å²) in [6, 6.07) is 7.21. The van der Waals surface area contributed by atoms with Gasteiger partial charge in [-0.2, -0.15) is 10.1 Å². The molecule has 2 rings (SSSR count). The fourth-order valence-corrected chi connectivity index (χ4v) is 1.75. The van der Waals surface area contributed by atoms with Gasteiger partial charge >= 0.3 is 5.97 Å². The second-order valence-electron chi connectivity index (χ2n) is 4.82. The Morgan fingerprint density at radius 1 is 1.41 bits per heavy atom. The third-order valence-electron chi connectivity index (χ3n) is 3.11. The van der Waals surface area contributed by atoms with Crippen LogP contribution in [-0.4, -0.2) is 34.3 Å². The number of anilines is 3. The molecule has 1 aromatic carbocycles. The normalized spacial score (nSPS) is 11.6. The number of rotatable bonds is 6. The zero-order valence-electron chi connectivity index (χ0n) is 12.8. The highest BCUT2D eigenvalue weighted by atomic mass is 16.5. The van der Waals surface area contributed by atoms with Crippen LogP contribution in [0.4, 0.5) is 17.5 Å². The van der Waals surface area contributed by atoms with Gasteiger partial charge in [0.25, 0.3) is 0 Å². The summed E-state index contributed by atoms with van der Waals surface area (Å²) in [5.74, 6) is 0.612. The molecular formula is C15H19N5O2. The number of ether oxygens (including phenoxy) is 1. The summed E-state index contributed by atoms with van der Waals surface area (Å²) in [5.41, 5.74) is 1.14. The molecule has 0 radical (unpaired) electrons. The van der Waals surface area contributed by atoms with Gasteiger partial charge in [0.2, 0.25) is 5.95 Å². The Bertz CT molecular complexity index is 647. The Hall–Kier alpha value is -2.70. The number of methoxy groups -OCH3 is 1. The lowest BCUT2D eigenvalue weighted by Gasteiger charge is -2.12. The first-order chi connectivity index (χ1) is 10.6. The van der Waals surface area contributed by atoms with Gasteiger partial charge in [0, 0.05) is 11.7 Å². The van der Waals surface area contributed by atoms with Crippen LogP contribution in [0.15, 0.2) is 30.5 Å². The van der Waals surface area contributed by atoms with Crippen molar-refractivity contribution in [1.29, 1.82) is 0 Å². The van der Waals surface area contributed by atoms with Gasteiger partial charge in [-0.05, 0) is 31.5 Å². The number of nitrogens with zero attached hydrogens (tertiary/aromatic N) is 3. The minimum absolute atomic E-state index is 0.298. The minimum atomic E-state index is -0.394. The summed E-state index contributed by atoms with van der Waals surface area (Å²) >= 11 is 0. The van der Waals surface area contributed by atoms with Crippen molar-refractivity contribution in [1.82, 2.24) is 15.2 Å². The van der Waals surface area contributed by atoms with Crippen LogP contribution in [-0.2, 0) is 4.74 Å². The van der Waals surface area contributed by atoms with Crippen molar-refractivity contribution >= 4 is 23.4 Å². The average molecular weight is 301 g/mol. The van der Waals surface area contributed by atoms with Crippen LogP contribution in [0.2, 0.25) is 0 Å². The number of carbonyl (C=O) groups is 1. The minimum Gasteiger partial charge on any atom is -0.465 e. The molecule has 0 bridgehead atoms. The highest BCUT2D eigenvalue weighted by Crippen LogP contribution is 2.16. The van der Waals surface area contributed by atoms with Crippen molar-refractivity contribution in [2.45, 2.75) is 26.3 Å². The van der Waals surface area contributed by atoms with E-state index in [0.29, 0.717) is 29.1 Å². The van der Waals surface area contributed by atoms with Crippen LogP contribution in [0, 0.1) is 0 Å². The van der Waals surface area contributed by atoms with E-state index in [4.69, 9.17) is 4.74 Å². The first-order valence-electron chi connectivity index (χ1n) is 7.04. The monoisotopic (exact) mass is 301 g/mol. The molecule has 1 atom stereocenters. The van der Waals surface area contributed by atoms with Gasteiger partial charge in [0.1, 0.15) is 0 Å². The van der Waals surface area contributed by atoms with E-state index in [-0.39, 0.29) is 0 Å². The van der Waals surface area contributed by atoms with Crippen LogP contribution in [0.5, 0.6) is 0 Å². The third kappa shape index (κ3) is 4.15. The zero-order valence-corrected chi connectivity index (χ0v) is 12.8. The number of benzene rings is 1. The van der Waals surface area contributed by atoms with Gasteiger partial charge in [0.05, 0.1) is 18.9 Å². The topological polar surface area (TPSA) is 89.0 Å². The predicted molar refractivity (Wildman–Crippen MR) is 84.3 cm³/mol. The molecule has 7 heteroatoms. The van der Waals surface area contributed by atoms with E-state index in [9.17, 15) is 4.79 Å². The van der Waals surface area contributed by atoms with Crippen LogP contribution in [0.1, 0.15) is 30.6 Å². The number of hydrogen-bond acceptors (Lipinski definition) is 7. The molecule has 0 saturated heterocycles. The molecule has 0 fully saturated rings. The molecule has 1 aromatic heterocycles. The standard InChI is InChI=1S/C15H19N5O2/c1-4-10(2)17-13-9-16-20-15(19-13)18-12-7-5-6-11(8-12)14(21)22-3/h5-10H,4H2,1-3H3,(H2,17,18,19,20). The van der Waals surface area contributed by atoms with Gasteiger partial charge in [0.15, 0.2) is 5.82 Å². The van der Waals surface area contributed by atoms with Gasteiger partial charge in [-0.1, -0.05) is 13.0 Å². The fraction of sp³-hybridized carbons (Fsp3) is 0.333. The lowest BCUT2D eigenvalue weighted by molar-refractivity contribution is 0.0601. The van der Waals surface area contributed by atoms with Crippen LogP contribution < -0.4 is 10.6 Å². The molecular weight excluding hydrogens is 282 g/mol. The molecule has 2 aromatic rings. The zero-order chi connectivity index (χ0) is 15.9. The summed E-state index contributed by atoms with van der Waals surface area (Å²) in [7, 11) is 1.35. The molecule has 0 spiro atoms. The highest BCUT2D eigenvalue weighted by Gasteiger charge is 2.07. The lowest BCUT2D eigenvalue weighted by atomic mass is 10.2. The molecule has 22 heavy (non-hydrogen) atoms. The van der Waals surface area contributed by atoms with Gasteiger partial charge in [-0.15, -0.1) is 5.10 Å². The van der Waals surface area contributed by atoms with Crippen LogP contribution >= 0.6 is 0 Å². The van der Waals surface area contributed by atoms with E-state index >= 15 is 0 Å². The smallest absolute Gasteiger partial charge is 0.337 e. The Kier molecular flexibility index (Phi) is 5.24. The summed E-state index contributed by atoms with van der Waals surface area (Å²) in [6.07, 6.45) is 2.55. The molecule has 0 saturated carbocycles. The van der Waals surface area contributed by atoms with E-state index in [2.05, 4.69) is 39.7 Å². The van der Waals surface area contributed by atoms with Crippen molar-refractivity contribution in [2.24, 2.45) is 0 Å². The maximum atomic E-state index is 11.5. The Morgan fingerprint density at radius 3 is 2.95 bits per heavy atom. The maximum absolute atomic E-state index is 11.5. The summed E-state index contributed by atoms with van der Waals surface area (Å²) in [6.45, 7) is 4.15. The maximum Gasteiger partial charge on any atom is 0.337 e. The van der Waals surface area contributed by atoms with Gasteiger partial charge in [-0.3, -0.25) is 0 Å². The van der Waals surface area contributed by atoms with Crippen LogP contribution in [0.3, 0.4) is 0 Å². The molecule has 1 heterocycles. The summed E-state index contributed by atoms with van der Waals surface area (Å²) in [5, 5.41) is 14.1. The Morgan fingerprint density at radius 2 is 2.23 bits per heavy atom. The predicted octanol–water partition coefficient (Wildman–Crippen LogP) is 2.61. The highest BCUT2D eigenvalue weighted by molar-refractivity contribution is 5.90. The van der Waals surface area contributed by atoms with Crippen molar-refractivity contribution in [3.8, 4) is 0 Å². The molecule has 7 nitrogen and oxygen atoms in total. The van der Waals surface area contributed by atoms with E-state index in [1.54, 1.807) is 24.4 Å². The molecule has 0 aliphatic rings. The fourth-order valence-electron chi connectivity index (χ4n) is 1.75. The third-order valence-corrected chi connectivity index (χ3v) is 3.11. The number of nitrogens with one attached hydrogen (secondary N) is 2. The molecule has 0 aliphatic carbocycles. The lowest BCUT2D eigenvalue weighted by Crippen LogP contribution is -2.15. The number of esters is 1. The van der Waals surface area contributed by atoms with Crippen LogP contribution in [0.25, 0.3) is 0 Å². The molecule has 0 aliphatic heterocycles. The van der Waals surface area contributed by atoms with Crippen molar-refractivity contribution < 1.29 is 9.53 Å². The Balaban J connectivity index is 2.13. The molecule has 0 amide bonds. The van der Waals surface area contributed by atoms with Crippen molar-refractivity contribution in [3.63, 3.8) is 0 Å². The van der Waals surface area contributed by atoms with Gasteiger partial charge in [-0.25, -0.2) is 4.79 Å². The molecule has 116 valence electrons. The SMILES string of the molecule is CCC(C)Nc1cnnc(Nc2cccc(C(=O)OC)c2)n1. The quantitative estimate of drug-likeness (QED) is 0.793. The first-order valence-corrected chi connectivity index (χ1v) is 7.04. The van der Waals surface area contributed by atoms with Gasteiger partial charge < -0.3 is 15.4 Å².